The van der Waals surface area contributed by atoms with E-state index in [1.807, 2.05) is 55.0 Å². The van der Waals surface area contributed by atoms with E-state index < -0.39 is 0 Å². The van der Waals surface area contributed by atoms with Crippen molar-refractivity contribution in [1.29, 1.82) is 0 Å². The summed E-state index contributed by atoms with van der Waals surface area (Å²) in [5.74, 6) is 1.62. The summed E-state index contributed by atoms with van der Waals surface area (Å²) in [6, 6.07) is 9.85. The standard InChI is InChI=1S/C21H24N4O2S/c1-13-11-18(21-24-23-20(27-21)15-5-4-6-15)14(2)25(13)12-19(26)22-16-7-9-17(28-3)10-8-16/h7-11,15H,4-6,12H2,1-3H3,(H,22,26). The van der Waals surface area contributed by atoms with Gasteiger partial charge in [-0.1, -0.05) is 6.42 Å². The van der Waals surface area contributed by atoms with Gasteiger partial charge in [0.15, 0.2) is 0 Å². The van der Waals surface area contributed by atoms with Gasteiger partial charge < -0.3 is 14.3 Å². The highest BCUT2D eigenvalue weighted by Gasteiger charge is 2.26. The molecule has 1 aliphatic rings. The van der Waals surface area contributed by atoms with E-state index in [2.05, 4.69) is 15.5 Å². The number of rotatable bonds is 6. The quantitative estimate of drug-likeness (QED) is 0.607. The fourth-order valence-electron chi connectivity index (χ4n) is 3.44. The molecule has 4 rings (SSSR count). The number of nitrogens with zero attached hydrogens (tertiary/aromatic N) is 3. The van der Waals surface area contributed by atoms with Gasteiger partial charge in [0, 0.05) is 27.9 Å². The van der Waals surface area contributed by atoms with Gasteiger partial charge >= 0.3 is 0 Å². The summed E-state index contributed by atoms with van der Waals surface area (Å²) in [6.07, 6.45) is 5.50. The van der Waals surface area contributed by atoms with Gasteiger partial charge in [-0.15, -0.1) is 22.0 Å². The highest BCUT2D eigenvalue weighted by atomic mass is 32.2. The van der Waals surface area contributed by atoms with Crippen molar-refractivity contribution in [2.24, 2.45) is 0 Å². The normalized spacial score (nSPS) is 14.1. The second-order valence-corrected chi connectivity index (χ2v) is 8.10. The Balaban J connectivity index is 1.48. The number of aryl methyl sites for hydroxylation is 1. The first-order chi connectivity index (χ1) is 13.5. The molecule has 1 N–H and O–H groups in total. The van der Waals surface area contributed by atoms with Crippen LogP contribution in [-0.2, 0) is 11.3 Å². The van der Waals surface area contributed by atoms with Crippen LogP contribution >= 0.6 is 11.8 Å². The van der Waals surface area contributed by atoms with Gasteiger partial charge in [0.2, 0.25) is 17.7 Å². The van der Waals surface area contributed by atoms with Crippen molar-refractivity contribution in [2.75, 3.05) is 11.6 Å². The van der Waals surface area contributed by atoms with E-state index in [-0.39, 0.29) is 12.5 Å². The van der Waals surface area contributed by atoms with Crippen LogP contribution in [0.1, 0.15) is 42.5 Å². The minimum absolute atomic E-state index is 0.0639. The topological polar surface area (TPSA) is 73.0 Å². The lowest BCUT2D eigenvalue weighted by Gasteiger charge is -2.20. The zero-order valence-corrected chi connectivity index (χ0v) is 17.2. The molecule has 1 amide bonds. The Kier molecular flexibility index (Phi) is 5.26. The largest absolute Gasteiger partial charge is 0.420 e. The molecule has 0 spiro atoms. The average molecular weight is 397 g/mol. The lowest BCUT2D eigenvalue weighted by Crippen LogP contribution is -2.20. The summed E-state index contributed by atoms with van der Waals surface area (Å²) < 4.78 is 7.89. The number of aromatic nitrogens is 3. The van der Waals surface area contributed by atoms with Crippen LogP contribution in [0.4, 0.5) is 5.69 Å². The molecule has 7 heteroatoms. The van der Waals surface area contributed by atoms with Crippen LogP contribution in [0.3, 0.4) is 0 Å². The lowest BCUT2D eigenvalue weighted by molar-refractivity contribution is -0.116. The third kappa shape index (κ3) is 3.71. The monoisotopic (exact) mass is 396 g/mol. The molecule has 1 fully saturated rings. The molecule has 1 saturated carbocycles. The Morgan fingerprint density at radius 3 is 2.64 bits per heavy atom. The Hall–Kier alpha value is -2.54. The Morgan fingerprint density at radius 1 is 1.25 bits per heavy atom. The van der Waals surface area contributed by atoms with Crippen molar-refractivity contribution in [2.45, 2.75) is 50.5 Å². The van der Waals surface area contributed by atoms with E-state index >= 15 is 0 Å². The number of thioether (sulfide) groups is 1. The van der Waals surface area contributed by atoms with Crippen LogP contribution in [0.5, 0.6) is 0 Å². The van der Waals surface area contributed by atoms with E-state index in [0.29, 0.717) is 11.8 Å². The molecule has 0 aliphatic heterocycles. The first kappa shape index (κ1) is 18.8. The highest BCUT2D eigenvalue weighted by Crippen LogP contribution is 2.37. The summed E-state index contributed by atoms with van der Waals surface area (Å²) in [5, 5.41) is 11.4. The smallest absolute Gasteiger partial charge is 0.249 e. The number of amides is 1. The number of hydrogen-bond acceptors (Lipinski definition) is 5. The third-order valence-corrected chi connectivity index (χ3v) is 6.12. The Morgan fingerprint density at radius 2 is 2.00 bits per heavy atom. The first-order valence-electron chi connectivity index (χ1n) is 9.49. The van der Waals surface area contributed by atoms with Crippen molar-refractivity contribution >= 4 is 23.4 Å². The zero-order valence-electron chi connectivity index (χ0n) is 16.4. The number of carbonyl (C=O) groups excluding carboxylic acids is 1. The summed E-state index contributed by atoms with van der Waals surface area (Å²) in [7, 11) is 0. The van der Waals surface area contributed by atoms with Crippen molar-refractivity contribution in [3.05, 3.63) is 47.6 Å². The molecule has 0 atom stereocenters. The van der Waals surface area contributed by atoms with Gasteiger partial charge in [0.1, 0.15) is 6.54 Å². The first-order valence-corrected chi connectivity index (χ1v) is 10.7. The number of nitrogens with one attached hydrogen (secondary N) is 1. The maximum absolute atomic E-state index is 12.5. The minimum atomic E-state index is -0.0639. The summed E-state index contributed by atoms with van der Waals surface area (Å²) in [4.78, 5) is 13.7. The molecule has 0 radical (unpaired) electrons. The molecule has 1 aliphatic carbocycles. The maximum atomic E-state index is 12.5. The fraction of sp³-hybridized carbons (Fsp3) is 0.381. The second kappa shape index (κ2) is 7.83. The predicted molar refractivity (Wildman–Crippen MR) is 111 cm³/mol. The van der Waals surface area contributed by atoms with Gasteiger partial charge in [0.05, 0.1) is 5.56 Å². The summed E-state index contributed by atoms with van der Waals surface area (Å²) >= 11 is 1.68. The molecule has 0 saturated heterocycles. The van der Waals surface area contributed by atoms with Gasteiger partial charge in [0.25, 0.3) is 0 Å². The molecule has 2 aromatic heterocycles. The third-order valence-electron chi connectivity index (χ3n) is 5.37. The van der Waals surface area contributed by atoms with Crippen LogP contribution in [0.15, 0.2) is 39.6 Å². The van der Waals surface area contributed by atoms with Crippen LogP contribution in [0.2, 0.25) is 0 Å². The molecule has 3 aromatic rings. The van der Waals surface area contributed by atoms with Crippen LogP contribution < -0.4 is 5.32 Å². The van der Waals surface area contributed by atoms with E-state index in [1.54, 1.807) is 11.8 Å². The summed E-state index contributed by atoms with van der Waals surface area (Å²) in [6.45, 7) is 4.21. The molecule has 0 unspecified atom stereocenters. The average Bonchev–Trinajstić information content (AvgIpc) is 3.21. The van der Waals surface area contributed by atoms with E-state index in [0.717, 1.165) is 41.4 Å². The van der Waals surface area contributed by atoms with Gasteiger partial charge in [-0.25, -0.2) is 0 Å². The van der Waals surface area contributed by atoms with E-state index in [9.17, 15) is 4.79 Å². The van der Waals surface area contributed by atoms with Crippen LogP contribution in [0.25, 0.3) is 11.5 Å². The number of benzene rings is 1. The molecular formula is C21H24N4O2S. The molecule has 28 heavy (non-hydrogen) atoms. The van der Waals surface area contributed by atoms with Gasteiger partial charge in [-0.3, -0.25) is 4.79 Å². The predicted octanol–water partition coefficient (Wildman–Crippen LogP) is 4.78. The SMILES string of the molecule is CSc1ccc(NC(=O)Cn2c(C)cc(-c3nnc(C4CCC4)o3)c2C)cc1. The molecule has 1 aromatic carbocycles. The van der Waals surface area contributed by atoms with Crippen molar-refractivity contribution in [3.63, 3.8) is 0 Å². The molecule has 0 bridgehead atoms. The lowest BCUT2D eigenvalue weighted by atomic mass is 9.85. The molecule has 6 nitrogen and oxygen atoms in total. The van der Waals surface area contributed by atoms with Crippen molar-refractivity contribution < 1.29 is 9.21 Å². The minimum Gasteiger partial charge on any atom is -0.420 e. The van der Waals surface area contributed by atoms with Crippen molar-refractivity contribution in [3.8, 4) is 11.5 Å². The van der Waals surface area contributed by atoms with Crippen LogP contribution in [-0.4, -0.2) is 26.9 Å². The molecule has 146 valence electrons. The van der Waals surface area contributed by atoms with Crippen molar-refractivity contribution in [1.82, 2.24) is 14.8 Å². The summed E-state index contributed by atoms with van der Waals surface area (Å²) in [5.41, 5.74) is 3.64. The maximum Gasteiger partial charge on any atom is 0.249 e. The number of hydrogen-bond donors (Lipinski definition) is 1. The van der Waals surface area contributed by atoms with E-state index in [1.165, 1.54) is 11.3 Å². The fourth-order valence-corrected chi connectivity index (χ4v) is 3.85. The highest BCUT2D eigenvalue weighted by molar-refractivity contribution is 7.98. The number of carbonyl (C=O) groups is 1. The number of anilines is 1. The van der Waals surface area contributed by atoms with Gasteiger partial charge in [-0.05, 0) is 63.3 Å². The second-order valence-electron chi connectivity index (χ2n) is 7.22. The molecule has 2 heterocycles. The van der Waals surface area contributed by atoms with Crippen LogP contribution in [0, 0.1) is 13.8 Å². The van der Waals surface area contributed by atoms with E-state index in [4.69, 9.17) is 4.42 Å². The Bertz CT molecular complexity index is 987. The zero-order chi connectivity index (χ0) is 19.7. The van der Waals surface area contributed by atoms with Gasteiger partial charge in [-0.2, -0.15) is 0 Å². The Labute approximate surface area is 168 Å². The molecular weight excluding hydrogens is 372 g/mol.